The van der Waals surface area contributed by atoms with E-state index in [0.29, 0.717) is 6.07 Å². The summed E-state index contributed by atoms with van der Waals surface area (Å²) in [5, 5.41) is 25.9. The highest BCUT2D eigenvalue weighted by atomic mass is 19.4. The van der Waals surface area contributed by atoms with Gasteiger partial charge in [-0.15, -0.1) is 0 Å². The maximum atomic E-state index is 12.9. The lowest BCUT2D eigenvalue weighted by Gasteiger charge is -2.19. The Labute approximate surface area is 114 Å². The zero-order chi connectivity index (χ0) is 16.4. The van der Waals surface area contributed by atoms with Crippen LogP contribution in [0.4, 0.5) is 26.3 Å². The third-order valence-electron chi connectivity index (χ3n) is 2.48. The lowest BCUT2D eigenvalue weighted by atomic mass is 9.90. The third-order valence-corrected chi connectivity index (χ3v) is 2.48. The maximum absolute atomic E-state index is 12.9. The zero-order valence-electron chi connectivity index (χ0n) is 9.89. The SMILES string of the molecule is N#CCc1cc(C#N)c(C(F)(F)F)c(C(F)(F)F)c1C#N. The van der Waals surface area contributed by atoms with Gasteiger partial charge in [0.1, 0.15) is 6.07 Å². The molecule has 21 heavy (non-hydrogen) atoms. The molecule has 0 aliphatic heterocycles. The minimum Gasteiger partial charge on any atom is -0.198 e. The lowest BCUT2D eigenvalue weighted by molar-refractivity contribution is -0.162. The molecular weight excluding hydrogens is 300 g/mol. The van der Waals surface area contributed by atoms with E-state index >= 15 is 0 Å². The Morgan fingerprint density at radius 3 is 1.71 bits per heavy atom. The number of nitriles is 3. The average Bonchev–Trinajstić information content (AvgIpc) is 2.35. The van der Waals surface area contributed by atoms with Crippen molar-refractivity contribution in [2.45, 2.75) is 18.8 Å². The van der Waals surface area contributed by atoms with Crippen molar-refractivity contribution in [3.8, 4) is 18.2 Å². The van der Waals surface area contributed by atoms with Crippen molar-refractivity contribution < 1.29 is 26.3 Å². The molecule has 0 aliphatic carbocycles. The maximum Gasteiger partial charge on any atom is 0.418 e. The highest BCUT2D eigenvalue weighted by Crippen LogP contribution is 2.44. The van der Waals surface area contributed by atoms with Crippen molar-refractivity contribution in [1.82, 2.24) is 0 Å². The molecule has 0 unspecified atom stereocenters. The van der Waals surface area contributed by atoms with E-state index in [1.807, 2.05) is 0 Å². The van der Waals surface area contributed by atoms with Gasteiger partial charge >= 0.3 is 12.4 Å². The number of alkyl halides is 6. The molecule has 0 radical (unpaired) electrons. The molecule has 108 valence electrons. The summed E-state index contributed by atoms with van der Waals surface area (Å²) >= 11 is 0. The van der Waals surface area contributed by atoms with E-state index in [1.165, 1.54) is 6.07 Å². The molecule has 1 rings (SSSR count). The van der Waals surface area contributed by atoms with Crippen LogP contribution in [-0.2, 0) is 18.8 Å². The Bertz CT molecular complexity index is 695. The fraction of sp³-hybridized carbons (Fsp3) is 0.250. The molecule has 1 aromatic carbocycles. The highest BCUT2D eigenvalue weighted by Gasteiger charge is 2.47. The summed E-state index contributed by atoms with van der Waals surface area (Å²) in [5.41, 5.74) is -7.59. The molecule has 0 bridgehead atoms. The first-order valence-corrected chi connectivity index (χ1v) is 5.09. The minimum atomic E-state index is -5.49. The molecule has 0 aliphatic rings. The monoisotopic (exact) mass is 303 g/mol. The van der Waals surface area contributed by atoms with Gasteiger partial charge in [-0.3, -0.25) is 0 Å². The van der Waals surface area contributed by atoms with Crippen LogP contribution >= 0.6 is 0 Å². The number of nitrogens with zero attached hydrogens (tertiary/aromatic N) is 3. The van der Waals surface area contributed by atoms with Crippen LogP contribution in [0, 0.1) is 34.0 Å². The van der Waals surface area contributed by atoms with Crippen molar-refractivity contribution in [2.24, 2.45) is 0 Å². The first kappa shape index (κ1) is 16.3. The largest absolute Gasteiger partial charge is 0.418 e. The zero-order valence-corrected chi connectivity index (χ0v) is 9.89. The smallest absolute Gasteiger partial charge is 0.198 e. The number of halogens is 6. The first-order chi connectivity index (χ1) is 9.57. The molecule has 0 heterocycles. The molecule has 1 aromatic rings. The normalized spacial score (nSPS) is 11.4. The van der Waals surface area contributed by atoms with Crippen molar-refractivity contribution in [1.29, 1.82) is 15.8 Å². The molecule has 0 fully saturated rings. The van der Waals surface area contributed by atoms with Crippen molar-refractivity contribution in [2.75, 3.05) is 0 Å². The van der Waals surface area contributed by atoms with Gasteiger partial charge in [-0.1, -0.05) is 0 Å². The molecular formula is C12H3F6N3. The molecule has 0 amide bonds. The molecule has 0 spiro atoms. The van der Waals surface area contributed by atoms with E-state index in [0.717, 1.165) is 12.1 Å². The highest BCUT2D eigenvalue weighted by molar-refractivity contribution is 5.58. The fourth-order valence-corrected chi connectivity index (χ4v) is 1.76. The van der Waals surface area contributed by atoms with Gasteiger partial charge in [0.05, 0.1) is 40.8 Å². The van der Waals surface area contributed by atoms with Crippen LogP contribution in [-0.4, -0.2) is 0 Å². The molecule has 0 aromatic heterocycles. The van der Waals surface area contributed by atoms with Gasteiger partial charge in [0, 0.05) is 0 Å². The number of hydrogen-bond donors (Lipinski definition) is 0. The van der Waals surface area contributed by atoms with Crippen molar-refractivity contribution >= 4 is 0 Å². The van der Waals surface area contributed by atoms with E-state index in [1.54, 1.807) is 0 Å². The van der Waals surface area contributed by atoms with Crippen LogP contribution in [0.15, 0.2) is 6.07 Å². The second-order valence-corrected chi connectivity index (χ2v) is 3.76. The van der Waals surface area contributed by atoms with Gasteiger partial charge < -0.3 is 0 Å². The predicted octanol–water partition coefficient (Wildman–Crippen LogP) is 3.53. The Hall–Kier alpha value is -2.73. The number of benzene rings is 1. The summed E-state index contributed by atoms with van der Waals surface area (Å²) in [4.78, 5) is 0. The van der Waals surface area contributed by atoms with E-state index in [-0.39, 0.29) is 0 Å². The van der Waals surface area contributed by atoms with Crippen LogP contribution in [0.25, 0.3) is 0 Å². The van der Waals surface area contributed by atoms with E-state index in [2.05, 4.69) is 0 Å². The quantitative estimate of drug-likeness (QED) is 0.745. The van der Waals surface area contributed by atoms with Gasteiger partial charge in [-0.05, 0) is 11.6 Å². The minimum absolute atomic E-state index is 0.486. The summed E-state index contributed by atoms with van der Waals surface area (Å²) in [7, 11) is 0. The predicted molar refractivity (Wildman–Crippen MR) is 55.2 cm³/mol. The molecule has 9 heteroatoms. The van der Waals surface area contributed by atoms with Crippen molar-refractivity contribution in [3.05, 3.63) is 33.9 Å². The molecule has 0 atom stereocenters. The second-order valence-electron chi connectivity index (χ2n) is 3.76. The Morgan fingerprint density at radius 1 is 0.857 bits per heavy atom. The Morgan fingerprint density at radius 2 is 1.38 bits per heavy atom. The standard InChI is InChI=1S/C12H3F6N3/c13-11(14,15)9-7(4-20)3-6(1-2-19)8(5-21)10(9)12(16,17)18/h3H,1H2. The van der Waals surface area contributed by atoms with Crippen LogP contribution in [0.5, 0.6) is 0 Å². The van der Waals surface area contributed by atoms with Crippen LogP contribution in [0.3, 0.4) is 0 Å². The molecule has 3 nitrogen and oxygen atoms in total. The number of hydrogen-bond acceptors (Lipinski definition) is 3. The topological polar surface area (TPSA) is 71.4 Å². The van der Waals surface area contributed by atoms with Crippen LogP contribution < -0.4 is 0 Å². The summed E-state index contributed by atoms with van der Waals surface area (Å²) in [6.45, 7) is 0. The second kappa shape index (κ2) is 5.34. The van der Waals surface area contributed by atoms with Crippen molar-refractivity contribution in [3.63, 3.8) is 0 Å². The van der Waals surface area contributed by atoms with Gasteiger partial charge in [-0.2, -0.15) is 42.1 Å². The summed E-state index contributed by atoms with van der Waals surface area (Å²) in [6, 6.07) is 3.99. The first-order valence-electron chi connectivity index (χ1n) is 5.09. The lowest BCUT2D eigenvalue weighted by Crippen LogP contribution is -2.21. The fourth-order valence-electron chi connectivity index (χ4n) is 1.76. The average molecular weight is 303 g/mol. The summed E-state index contributed by atoms with van der Waals surface area (Å²) in [5.74, 6) is 0. The Balaban J connectivity index is 4.03. The van der Waals surface area contributed by atoms with Crippen LogP contribution in [0.1, 0.15) is 27.8 Å². The van der Waals surface area contributed by atoms with Crippen LogP contribution in [0.2, 0.25) is 0 Å². The third kappa shape index (κ3) is 3.06. The summed E-state index contributed by atoms with van der Waals surface area (Å²) in [6.07, 6.45) is -11.7. The summed E-state index contributed by atoms with van der Waals surface area (Å²) < 4.78 is 77.3. The Kier molecular flexibility index (Phi) is 4.15. The molecule has 0 saturated carbocycles. The van der Waals surface area contributed by atoms with Gasteiger partial charge in [0.2, 0.25) is 0 Å². The van der Waals surface area contributed by atoms with Gasteiger partial charge in [-0.25, -0.2) is 0 Å². The molecule has 0 saturated heterocycles. The van der Waals surface area contributed by atoms with Gasteiger partial charge in [0.15, 0.2) is 0 Å². The van der Waals surface area contributed by atoms with E-state index < -0.39 is 46.6 Å². The molecule has 0 N–H and O–H groups in total. The van der Waals surface area contributed by atoms with E-state index in [9.17, 15) is 26.3 Å². The number of rotatable bonds is 1. The van der Waals surface area contributed by atoms with E-state index in [4.69, 9.17) is 15.8 Å². The van der Waals surface area contributed by atoms with Gasteiger partial charge in [0.25, 0.3) is 0 Å².